The molecule has 1 saturated heterocycles. The summed E-state index contributed by atoms with van der Waals surface area (Å²) < 4.78 is 18.4. The largest absolute Gasteiger partial charge is 0.452 e. The summed E-state index contributed by atoms with van der Waals surface area (Å²) in [5, 5.41) is 2.49. The molecule has 7 heteroatoms. The number of aryl methyl sites for hydroxylation is 1. The topological polar surface area (TPSA) is 75.7 Å². The molecule has 1 aliphatic rings. The lowest BCUT2D eigenvalue weighted by molar-refractivity contribution is -0.157. The summed E-state index contributed by atoms with van der Waals surface area (Å²) in [4.78, 5) is 38.4. The molecule has 0 saturated carbocycles. The summed E-state index contributed by atoms with van der Waals surface area (Å²) >= 11 is 0. The summed E-state index contributed by atoms with van der Waals surface area (Å²) in [5.41, 5.74) is 2.07. The van der Waals surface area contributed by atoms with Gasteiger partial charge >= 0.3 is 5.97 Å². The highest BCUT2D eigenvalue weighted by atomic mass is 19.1. The van der Waals surface area contributed by atoms with Gasteiger partial charge in [-0.15, -0.1) is 0 Å². The molecule has 0 aliphatic carbocycles. The Morgan fingerprint density at radius 2 is 1.93 bits per heavy atom. The fraction of sp³-hybridized carbons (Fsp3) is 0.286. The van der Waals surface area contributed by atoms with Crippen LogP contribution in [0.15, 0.2) is 48.5 Å². The SMILES string of the molecule is Cc1ccc(N2C[C@@H](C(=O)O[C@H](C)C(=O)Nc3cccc(F)c3)CC2=O)cc1. The zero-order valence-corrected chi connectivity index (χ0v) is 15.6. The maximum absolute atomic E-state index is 13.2. The number of rotatable bonds is 5. The molecule has 0 bridgehead atoms. The van der Waals surface area contributed by atoms with Crippen LogP contribution >= 0.6 is 0 Å². The Kier molecular flexibility index (Phi) is 5.73. The first-order chi connectivity index (χ1) is 13.3. The van der Waals surface area contributed by atoms with Crippen molar-refractivity contribution in [3.8, 4) is 0 Å². The molecule has 2 aromatic carbocycles. The highest BCUT2D eigenvalue weighted by molar-refractivity contribution is 6.00. The van der Waals surface area contributed by atoms with Gasteiger partial charge in [0.25, 0.3) is 5.91 Å². The standard InChI is InChI=1S/C21H21FN2O4/c1-13-6-8-18(9-7-13)24-12-15(10-19(24)25)21(27)28-14(2)20(26)23-17-5-3-4-16(22)11-17/h3-9,11,14-15H,10,12H2,1-2H3,(H,23,26)/t14-,15+/m1/s1. The smallest absolute Gasteiger partial charge is 0.312 e. The van der Waals surface area contributed by atoms with E-state index in [1.807, 2.05) is 31.2 Å². The Morgan fingerprint density at radius 1 is 1.21 bits per heavy atom. The van der Waals surface area contributed by atoms with Gasteiger partial charge in [-0.05, 0) is 44.2 Å². The van der Waals surface area contributed by atoms with Gasteiger partial charge in [0.05, 0.1) is 5.92 Å². The lowest BCUT2D eigenvalue weighted by Gasteiger charge is -2.18. The second-order valence-corrected chi connectivity index (χ2v) is 6.82. The molecule has 6 nitrogen and oxygen atoms in total. The molecule has 28 heavy (non-hydrogen) atoms. The number of halogens is 1. The number of carbonyl (C=O) groups is 3. The zero-order valence-electron chi connectivity index (χ0n) is 15.6. The van der Waals surface area contributed by atoms with Crippen molar-refractivity contribution in [2.45, 2.75) is 26.4 Å². The van der Waals surface area contributed by atoms with Crippen LogP contribution in [-0.4, -0.2) is 30.4 Å². The fourth-order valence-corrected chi connectivity index (χ4v) is 2.97. The third-order valence-corrected chi connectivity index (χ3v) is 4.56. The van der Waals surface area contributed by atoms with Crippen molar-refractivity contribution >= 4 is 29.2 Å². The summed E-state index contributed by atoms with van der Waals surface area (Å²) in [6, 6.07) is 12.9. The Hall–Kier alpha value is -3.22. The van der Waals surface area contributed by atoms with Crippen LogP contribution in [-0.2, 0) is 19.1 Å². The molecule has 2 amide bonds. The molecule has 146 valence electrons. The van der Waals surface area contributed by atoms with Gasteiger partial charge in [0.15, 0.2) is 6.10 Å². The van der Waals surface area contributed by atoms with Crippen molar-refractivity contribution in [1.82, 2.24) is 0 Å². The van der Waals surface area contributed by atoms with Crippen LogP contribution in [0.4, 0.5) is 15.8 Å². The van der Waals surface area contributed by atoms with Crippen LogP contribution in [0.25, 0.3) is 0 Å². The number of hydrogen-bond acceptors (Lipinski definition) is 4. The minimum Gasteiger partial charge on any atom is -0.452 e. The second kappa shape index (κ2) is 8.21. The van der Waals surface area contributed by atoms with E-state index in [4.69, 9.17) is 4.74 Å². The van der Waals surface area contributed by atoms with E-state index >= 15 is 0 Å². The first-order valence-electron chi connectivity index (χ1n) is 8.97. The van der Waals surface area contributed by atoms with Gasteiger partial charge in [-0.2, -0.15) is 0 Å². The number of nitrogens with zero attached hydrogens (tertiary/aromatic N) is 1. The first kappa shape index (κ1) is 19.5. The number of hydrogen-bond donors (Lipinski definition) is 1. The van der Waals surface area contributed by atoms with E-state index in [-0.39, 0.29) is 24.6 Å². The summed E-state index contributed by atoms with van der Waals surface area (Å²) in [5.74, 6) is -2.47. The van der Waals surface area contributed by atoms with Crippen molar-refractivity contribution in [3.05, 3.63) is 59.9 Å². The van der Waals surface area contributed by atoms with Crippen molar-refractivity contribution in [2.75, 3.05) is 16.8 Å². The van der Waals surface area contributed by atoms with Gasteiger partial charge in [-0.1, -0.05) is 23.8 Å². The number of nitrogens with one attached hydrogen (secondary N) is 1. The molecule has 2 atom stereocenters. The van der Waals surface area contributed by atoms with E-state index in [1.165, 1.54) is 31.2 Å². The maximum Gasteiger partial charge on any atom is 0.312 e. The van der Waals surface area contributed by atoms with E-state index in [1.54, 1.807) is 4.90 Å². The first-order valence-corrected chi connectivity index (χ1v) is 8.97. The Labute approximate surface area is 162 Å². The maximum atomic E-state index is 13.2. The van der Waals surface area contributed by atoms with Gasteiger partial charge in [0.2, 0.25) is 5.91 Å². The summed E-state index contributed by atoms with van der Waals surface area (Å²) in [6.45, 7) is 3.59. The van der Waals surface area contributed by atoms with E-state index in [9.17, 15) is 18.8 Å². The minimum absolute atomic E-state index is 0.0327. The molecule has 0 unspecified atom stereocenters. The number of anilines is 2. The average molecular weight is 384 g/mol. The van der Waals surface area contributed by atoms with Gasteiger partial charge < -0.3 is 15.0 Å². The lowest BCUT2D eigenvalue weighted by Crippen LogP contribution is -2.33. The van der Waals surface area contributed by atoms with Gasteiger partial charge in [-0.25, -0.2) is 4.39 Å². The molecule has 0 spiro atoms. The van der Waals surface area contributed by atoms with E-state index in [2.05, 4.69) is 5.32 Å². The number of ether oxygens (including phenoxy) is 1. The number of esters is 1. The molecule has 1 heterocycles. The molecule has 1 fully saturated rings. The van der Waals surface area contributed by atoms with Crippen LogP contribution in [0.2, 0.25) is 0 Å². The predicted molar refractivity (Wildman–Crippen MR) is 102 cm³/mol. The van der Waals surface area contributed by atoms with Gasteiger partial charge in [0, 0.05) is 24.3 Å². The van der Waals surface area contributed by atoms with E-state index in [0.29, 0.717) is 0 Å². The normalized spacial score (nSPS) is 17.3. The lowest BCUT2D eigenvalue weighted by atomic mass is 10.1. The van der Waals surface area contributed by atoms with Crippen LogP contribution in [0.5, 0.6) is 0 Å². The van der Waals surface area contributed by atoms with Crippen LogP contribution in [0.1, 0.15) is 18.9 Å². The molecule has 1 N–H and O–H groups in total. The summed E-state index contributed by atoms with van der Waals surface area (Å²) in [7, 11) is 0. The Balaban J connectivity index is 1.57. The highest BCUT2D eigenvalue weighted by Gasteiger charge is 2.37. The van der Waals surface area contributed by atoms with Crippen LogP contribution in [0.3, 0.4) is 0 Å². The molecule has 0 aromatic heterocycles. The zero-order chi connectivity index (χ0) is 20.3. The van der Waals surface area contributed by atoms with Gasteiger partial charge in [-0.3, -0.25) is 14.4 Å². The van der Waals surface area contributed by atoms with Crippen LogP contribution < -0.4 is 10.2 Å². The minimum atomic E-state index is -1.07. The van der Waals surface area contributed by atoms with Crippen molar-refractivity contribution in [2.24, 2.45) is 5.92 Å². The quantitative estimate of drug-likeness (QED) is 0.804. The fourth-order valence-electron chi connectivity index (χ4n) is 2.97. The van der Waals surface area contributed by atoms with Crippen molar-refractivity contribution in [1.29, 1.82) is 0 Å². The molecular formula is C21H21FN2O4. The van der Waals surface area contributed by atoms with E-state index < -0.39 is 29.7 Å². The Morgan fingerprint density at radius 3 is 2.61 bits per heavy atom. The number of carbonyl (C=O) groups excluding carboxylic acids is 3. The molecule has 1 aliphatic heterocycles. The summed E-state index contributed by atoms with van der Waals surface area (Å²) in [6.07, 6.45) is -1.04. The average Bonchev–Trinajstić information content (AvgIpc) is 3.04. The second-order valence-electron chi connectivity index (χ2n) is 6.82. The number of benzene rings is 2. The molecular weight excluding hydrogens is 363 g/mol. The molecule has 0 radical (unpaired) electrons. The number of amides is 2. The van der Waals surface area contributed by atoms with Gasteiger partial charge in [0.1, 0.15) is 5.82 Å². The van der Waals surface area contributed by atoms with Crippen molar-refractivity contribution in [3.63, 3.8) is 0 Å². The highest BCUT2D eigenvalue weighted by Crippen LogP contribution is 2.26. The Bertz CT molecular complexity index is 898. The predicted octanol–water partition coefficient (Wildman–Crippen LogP) is 3.06. The van der Waals surface area contributed by atoms with Crippen molar-refractivity contribution < 1.29 is 23.5 Å². The molecule has 3 rings (SSSR count). The third kappa shape index (κ3) is 4.54. The van der Waals surface area contributed by atoms with E-state index in [0.717, 1.165) is 11.3 Å². The van der Waals surface area contributed by atoms with Crippen LogP contribution in [0, 0.1) is 18.7 Å². The monoisotopic (exact) mass is 384 g/mol. The third-order valence-electron chi connectivity index (χ3n) is 4.56. The molecule has 2 aromatic rings.